The molecule has 1 fully saturated rings. The fourth-order valence-electron chi connectivity index (χ4n) is 2.59. The topological polar surface area (TPSA) is 101 Å². The van der Waals surface area contributed by atoms with E-state index in [1.807, 2.05) is 6.92 Å². The molecule has 1 aliphatic heterocycles. The average Bonchev–Trinajstić information content (AvgIpc) is 2.86. The number of rotatable bonds is 2. The third-order valence-corrected chi connectivity index (χ3v) is 5.73. The highest BCUT2D eigenvalue weighted by molar-refractivity contribution is 7.91. The lowest BCUT2D eigenvalue weighted by molar-refractivity contribution is 0.0894. The smallest absolute Gasteiger partial charge is 0.269 e. The largest absolute Gasteiger partial charge is 0.346 e. The van der Waals surface area contributed by atoms with E-state index in [1.54, 1.807) is 16.8 Å². The second-order valence-electron chi connectivity index (χ2n) is 5.99. The van der Waals surface area contributed by atoms with E-state index in [2.05, 4.69) is 10.4 Å². The van der Waals surface area contributed by atoms with Crippen molar-refractivity contribution in [2.45, 2.75) is 25.3 Å². The summed E-state index contributed by atoms with van der Waals surface area (Å²) in [5.41, 5.74) is 0.276. The Morgan fingerprint density at radius 2 is 2.00 bits per heavy atom. The van der Waals surface area contributed by atoms with Crippen LogP contribution in [0.2, 0.25) is 0 Å². The van der Waals surface area contributed by atoms with Gasteiger partial charge in [0.15, 0.2) is 5.43 Å². The van der Waals surface area contributed by atoms with E-state index in [9.17, 15) is 18.0 Å². The summed E-state index contributed by atoms with van der Waals surface area (Å²) in [4.78, 5) is 23.7. The summed E-state index contributed by atoms with van der Waals surface area (Å²) in [7, 11) is -2.98. The van der Waals surface area contributed by atoms with Gasteiger partial charge in [-0.05, 0) is 25.8 Å². The van der Waals surface area contributed by atoms with Crippen LogP contribution < -0.4 is 10.7 Å². The molecule has 0 aliphatic carbocycles. The minimum absolute atomic E-state index is 0.0881. The summed E-state index contributed by atoms with van der Waals surface area (Å²) in [6.45, 7) is 1.85. The number of pyridine rings is 1. The second-order valence-corrected chi connectivity index (χ2v) is 8.30. The molecule has 2 aromatic heterocycles. The standard InChI is InChI=1S/C14H17N3O4S/c1-14(3-6-22(20,21)7-4-14)15-13(19)12-9-10-8-11(18)2-5-17(10)16-12/h2,5,8-9,16H,3-4,6-7H2,1H3,(H,15,19). The lowest BCUT2D eigenvalue weighted by Crippen LogP contribution is -2.51. The Labute approximate surface area is 127 Å². The van der Waals surface area contributed by atoms with E-state index in [-0.39, 0.29) is 22.8 Å². The fourth-order valence-corrected chi connectivity index (χ4v) is 4.32. The molecule has 1 saturated heterocycles. The lowest BCUT2D eigenvalue weighted by atomic mass is 9.94. The number of aromatic amines is 1. The third kappa shape index (κ3) is 2.92. The highest BCUT2D eigenvalue weighted by Gasteiger charge is 2.34. The molecular weight excluding hydrogens is 306 g/mol. The highest BCUT2D eigenvalue weighted by atomic mass is 32.2. The van der Waals surface area contributed by atoms with E-state index in [4.69, 9.17) is 0 Å². The Kier molecular flexibility index (Phi) is 3.36. The molecular formula is C14H17N3O4S. The van der Waals surface area contributed by atoms with Gasteiger partial charge in [-0.25, -0.2) is 8.42 Å². The van der Waals surface area contributed by atoms with Crippen molar-refractivity contribution in [2.24, 2.45) is 0 Å². The maximum Gasteiger partial charge on any atom is 0.269 e. The van der Waals surface area contributed by atoms with Crippen molar-refractivity contribution in [1.82, 2.24) is 14.9 Å². The number of carbonyl (C=O) groups is 1. The number of nitrogens with one attached hydrogen (secondary N) is 2. The maximum atomic E-state index is 12.4. The van der Waals surface area contributed by atoms with Crippen LogP contribution in [-0.2, 0) is 9.84 Å². The zero-order valence-corrected chi connectivity index (χ0v) is 12.9. The van der Waals surface area contributed by atoms with Crippen LogP contribution >= 0.6 is 0 Å². The molecule has 2 aromatic rings. The number of carbonyl (C=O) groups excluding carboxylic acids is 1. The van der Waals surface area contributed by atoms with Gasteiger partial charge in [-0.3, -0.25) is 19.2 Å². The molecule has 0 saturated carbocycles. The van der Waals surface area contributed by atoms with Gasteiger partial charge in [-0.2, -0.15) is 0 Å². The molecule has 2 N–H and O–H groups in total. The van der Waals surface area contributed by atoms with Gasteiger partial charge in [0.1, 0.15) is 15.5 Å². The second kappa shape index (κ2) is 4.98. The van der Waals surface area contributed by atoms with Gasteiger partial charge in [-0.15, -0.1) is 0 Å². The maximum absolute atomic E-state index is 12.4. The number of H-pyrrole nitrogens is 1. The molecule has 0 unspecified atom stereocenters. The number of aromatic nitrogens is 2. The molecule has 22 heavy (non-hydrogen) atoms. The van der Waals surface area contributed by atoms with E-state index >= 15 is 0 Å². The monoisotopic (exact) mass is 323 g/mol. The van der Waals surface area contributed by atoms with Crippen LogP contribution in [0.5, 0.6) is 0 Å². The minimum atomic E-state index is -2.98. The normalized spacial score (nSPS) is 19.9. The van der Waals surface area contributed by atoms with Crippen LogP contribution in [-0.4, -0.2) is 41.0 Å². The summed E-state index contributed by atoms with van der Waals surface area (Å²) in [5.74, 6) is -0.131. The van der Waals surface area contributed by atoms with Crippen LogP contribution in [0.25, 0.3) is 5.52 Å². The summed E-state index contributed by atoms with van der Waals surface area (Å²) in [6.07, 6.45) is 2.36. The van der Waals surface area contributed by atoms with Crippen molar-refractivity contribution in [3.05, 3.63) is 40.3 Å². The van der Waals surface area contributed by atoms with Crippen molar-refractivity contribution < 1.29 is 13.2 Å². The quantitative estimate of drug-likeness (QED) is 0.831. The number of sulfone groups is 1. The van der Waals surface area contributed by atoms with E-state index < -0.39 is 15.4 Å². The first-order chi connectivity index (χ1) is 10.3. The zero-order valence-electron chi connectivity index (χ0n) is 12.1. The number of amides is 1. The summed E-state index contributed by atoms with van der Waals surface area (Å²) in [6, 6.07) is 4.43. The highest BCUT2D eigenvalue weighted by Crippen LogP contribution is 2.23. The SMILES string of the molecule is CC1(NC(=O)c2cc3cc(=O)ccn3[nH]2)CCS(=O)(=O)CC1. The Bertz CT molecular complexity index is 880. The zero-order chi connectivity index (χ0) is 16.0. The predicted octanol–water partition coefficient (Wildman–Crippen LogP) is 0.325. The molecule has 0 aromatic carbocycles. The molecule has 0 radical (unpaired) electrons. The van der Waals surface area contributed by atoms with Gasteiger partial charge in [0.25, 0.3) is 5.91 Å². The molecule has 8 heteroatoms. The van der Waals surface area contributed by atoms with Gasteiger partial charge in [0, 0.05) is 23.9 Å². The van der Waals surface area contributed by atoms with Crippen LogP contribution in [0.1, 0.15) is 30.3 Å². The molecule has 1 aliphatic rings. The Morgan fingerprint density at radius 1 is 1.32 bits per heavy atom. The third-order valence-electron chi connectivity index (χ3n) is 4.08. The van der Waals surface area contributed by atoms with Gasteiger partial charge >= 0.3 is 0 Å². The lowest BCUT2D eigenvalue weighted by Gasteiger charge is -2.34. The van der Waals surface area contributed by atoms with Crippen molar-refractivity contribution in [3.8, 4) is 0 Å². The number of hydrogen-bond donors (Lipinski definition) is 2. The molecule has 0 bridgehead atoms. The van der Waals surface area contributed by atoms with Crippen LogP contribution in [0.15, 0.2) is 29.2 Å². The van der Waals surface area contributed by atoms with E-state index in [0.717, 1.165) is 0 Å². The van der Waals surface area contributed by atoms with Crippen LogP contribution in [0.3, 0.4) is 0 Å². The Balaban J connectivity index is 1.80. The van der Waals surface area contributed by atoms with Crippen molar-refractivity contribution >= 4 is 21.3 Å². The van der Waals surface area contributed by atoms with Crippen LogP contribution in [0, 0.1) is 0 Å². The van der Waals surface area contributed by atoms with Gasteiger partial charge in [0.05, 0.1) is 17.0 Å². The number of nitrogens with zero attached hydrogens (tertiary/aromatic N) is 1. The van der Waals surface area contributed by atoms with Crippen molar-refractivity contribution in [1.29, 1.82) is 0 Å². The van der Waals surface area contributed by atoms with Crippen molar-refractivity contribution in [2.75, 3.05) is 11.5 Å². The molecule has 0 atom stereocenters. The summed E-state index contributed by atoms with van der Waals surface area (Å²) < 4.78 is 24.6. The Hall–Kier alpha value is -2.09. The minimum Gasteiger partial charge on any atom is -0.346 e. The summed E-state index contributed by atoms with van der Waals surface area (Å²) >= 11 is 0. The van der Waals surface area contributed by atoms with Crippen LogP contribution in [0.4, 0.5) is 0 Å². The molecule has 118 valence electrons. The average molecular weight is 323 g/mol. The molecule has 7 nitrogen and oxygen atoms in total. The number of fused-ring (bicyclic) bond motifs is 1. The first-order valence-electron chi connectivity index (χ1n) is 7.01. The molecule has 3 heterocycles. The first-order valence-corrected chi connectivity index (χ1v) is 8.83. The summed E-state index contributed by atoms with van der Waals surface area (Å²) in [5, 5.41) is 5.79. The van der Waals surface area contributed by atoms with E-state index in [1.165, 1.54) is 12.1 Å². The molecule has 0 spiro atoms. The van der Waals surface area contributed by atoms with Gasteiger partial charge in [0.2, 0.25) is 0 Å². The van der Waals surface area contributed by atoms with Crippen molar-refractivity contribution in [3.63, 3.8) is 0 Å². The van der Waals surface area contributed by atoms with Gasteiger partial charge in [-0.1, -0.05) is 0 Å². The fraction of sp³-hybridized carbons (Fsp3) is 0.429. The Morgan fingerprint density at radius 3 is 2.68 bits per heavy atom. The van der Waals surface area contributed by atoms with E-state index in [0.29, 0.717) is 24.1 Å². The predicted molar refractivity (Wildman–Crippen MR) is 81.8 cm³/mol. The number of hydrogen-bond acceptors (Lipinski definition) is 4. The molecule has 3 rings (SSSR count). The van der Waals surface area contributed by atoms with Gasteiger partial charge < -0.3 is 5.32 Å². The molecule has 1 amide bonds. The first kappa shape index (κ1) is 14.8.